The minimum Gasteiger partial charge on any atom is -0.329 e. The van der Waals surface area contributed by atoms with E-state index >= 15 is 0 Å². The van der Waals surface area contributed by atoms with Crippen LogP contribution in [0.15, 0.2) is 30.3 Å². The first-order chi connectivity index (χ1) is 11.8. The fourth-order valence-corrected chi connectivity index (χ4v) is 1.25. The molecule has 0 aliphatic carbocycles. The summed E-state index contributed by atoms with van der Waals surface area (Å²) in [5.74, 6) is -1.94. The number of nitrogens with zero attached hydrogens (tertiary/aromatic N) is 1. The van der Waals surface area contributed by atoms with Crippen molar-refractivity contribution in [2.45, 2.75) is 18.7 Å². The number of nitrogens with two attached hydrogens (primary N) is 1. The highest BCUT2D eigenvalue weighted by Crippen LogP contribution is 2.27. The van der Waals surface area contributed by atoms with E-state index in [4.69, 9.17) is 22.2 Å². The third-order valence-corrected chi connectivity index (χ3v) is 1.95. The van der Waals surface area contributed by atoms with E-state index in [9.17, 15) is 0 Å². The topological polar surface area (TPSA) is 29.3 Å². The lowest BCUT2D eigenvalue weighted by Crippen LogP contribution is -2.36. The molecule has 1 aliphatic heterocycles. The molecule has 1 saturated heterocycles. The lowest BCUT2D eigenvalue weighted by molar-refractivity contribution is 0.218. The Kier molecular flexibility index (Phi) is 1.17. The van der Waals surface area contributed by atoms with Gasteiger partial charge in [0.15, 0.2) is 0 Å². The predicted octanol–water partition coefficient (Wildman–Crippen LogP) is 1.82. The molecule has 0 spiro atoms. The lowest BCUT2D eigenvalue weighted by Gasteiger charge is -2.31. The summed E-state index contributed by atoms with van der Waals surface area (Å²) in [6.07, 6.45) is -6.27. The Balaban J connectivity index is 2.82. The summed E-state index contributed by atoms with van der Waals surface area (Å²) < 4.78 is 96.5. The Morgan fingerprint density at radius 3 is 2.60 bits per heavy atom. The van der Waals surface area contributed by atoms with Gasteiger partial charge >= 0.3 is 0 Å². The van der Waals surface area contributed by atoms with Gasteiger partial charge in [-0.15, -0.1) is 0 Å². The summed E-state index contributed by atoms with van der Waals surface area (Å²) in [5, 5.41) is 0. The van der Waals surface area contributed by atoms with Gasteiger partial charge in [0.1, 0.15) is 0 Å². The maximum absolute atomic E-state index is 8.28. The van der Waals surface area contributed by atoms with Crippen molar-refractivity contribution in [1.82, 2.24) is 4.90 Å². The summed E-state index contributed by atoms with van der Waals surface area (Å²) >= 11 is 0. The van der Waals surface area contributed by atoms with Crippen molar-refractivity contribution in [2.75, 3.05) is 26.0 Å². The molecule has 2 heteroatoms. The molecule has 0 amide bonds. The van der Waals surface area contributed by atoms with Crippen LogP contribution < -0.4 is 5.73 Å². The Morgan fingerprint density at radius 1 is 1.33 bits per heavy atom. The van der Waals surface area contributed by atoms with Gasteiger partial charge in [-0.25, -0.2) is 0 Å². The first kappa shape index (κ1) is 3.31. The molecule has 1 aromatic rings. The zero-order valence-electron chi connectivity index (χ0n) is 20.0. The Bertz CT molecular complexity index is 669. The predicted molar refractivity (Wildman–Crippen MR) is 63.9 cm³/mol. The van der Waals surface area contributed by atoms with E-state index in [1.807, 2.05) is 0 Å². The summed E-state index contributed by atoms with van der Waals surface area (Å²) in [7, 11) is 0. The molecule has 2 N–H and O–H groups in total. The second-order valence-electron chi connectivity index (χ2n) is 2.95. The summed E-state index contributed by atoms with van der Waals surface area (Å²) in [6, 6.07) is 7.18. The second-order valence-corrected chi connectivity index (χ2v) is 2.95. The molecular formula is C13H20N2. The zero-order chi connectivity index (χ0) is 21.3. The first-order valence-electron chi connectivity index (χ1n) is 10.5. The SMILES string of the molecule is [2H]C([2H])(N)C([2H])([2H])N1C([2H])([2H])C([2H])([2H])C(c2ccccc2)C([2H])([2H])C1([2H])[2H]. The van der Waals surface area contributed by atoms with Gasteiger partial charge in [-0.2, -0.15) is 0 Å². The Morgan fingerprint density at radius 2 is 2.00 bits per heavy atom. The normalized spacial score (nSPS) is 46.5. The number of hydrogen-bond donors (Lipinski definition) is 1. The van der Waals surface area contributed by atoms with Gasteiger partial charge in [0.2, 0.25) is 0 Å². The van der Waals surface area contributed by atoms with Gasteiger partial charge < -0.3 is 10.6 Å². The summed E-state index contributed by atoms with van der Waals surface area (Å²) in [6.45, 7) is -13.8. The molecule has 0 aromatic heterocycles. The van der Waals surface area contributed by atoms with Crippen LogP contribution in [0.5, 0.6) is 0 Å². The van der Waals surface area contributed by atoms with Gasteiger partial charge in [0.25, 0.3) is 0 Å². The highest BCUT2D eigenvalue weighted by Gasteiger charge is 2.19. The van der Waals surface area contributed by atoms with Gasteiger partial charge in [0, 0.05) is 29.4 Å². The fourth-order valence-electron chi connectivity index (χ4n) is 1.25. The van der Waals surface area contributed by atoms with Crippen molar-refractivity contribution in [3.63, 3.8) is 0 Å². The molecular weight excluding hydrogens is 184 g/mol. The molecule has 2 nitrogen and oxygen atoms in total. The molecule has 82 valence electrons. The van der Waals surface area contributed by atoms with Gasteiger partial charge in [-0.05, 0) is 37.2 Å². The minimum absolute atomic E-state index is 0.00350. The van der Waals surface area contributed by atoms with Crippen LogP contribution in [0.1, 0.15) is 40.7 Å². The van der Waals surface area contributed by atoms with E-state index in [0.717, 1.165) is 0 Å². The zero-order valence-corrected chi connectivity index (χ0v) is 7.99. The van der Waals surface area contributed by atoms with Crippen molar-refractivity contribution < 1.29 is 16.4 Å². The van der Waals surface area contributed by atoms with Crippen molar-refractivity contribution in [3.05, 3.63) is 35.9 Å². The molecule has 0 radical (unpaired) electrons. The maximum Gasteiger partial charge on any atom is 0.0444 e. The number of hydrogen-bond acceptors (Lipinski definition) is 2. The molecule has 15 heavy (non-hydrogen) atoms. The average molecular weight is 216 g/mol. The van der Waals surface area contributed by atoms with E-state index in [1.165, 1.54) is 24.3 Å². The van der Waals surface area contributed by atoms with Gasteiger partial charge in [0.05, 0.1) is 0 Å². The molecule has 0 atom stereocenters. The molecule has 1 aromatic carbocycles. The first-order valence-corrected chi connectivity index (χ1v) is 4.49. The van der Waals surface area contributed by atoms with Crippen LogP contribution in [0.4, 0.5) is 0 Å². The number of piperidine rings is 1. The second kappa shape index (κ2) is 5.29. The largest absolute Gasteiger partial charge is 0.329 e. The maximum atomic E-state index is 8.28. The van der Waals surface area contributed by atoms with E-state index in [-0.39, 0.29) is 10.5 Å². The van der Waals surface area contributed by atoms with Crippen molar-refractivity contribution in [3.8, 4) is 0 Å². The lowest BCUT2D eigenvalue weighted by atomic mass is 9.89. The fraction of sp³-hybridized carbons (Fsp3) is 0.538. The van der Waals surface area contributed by atoms with Crippen LogP contribution >= 0.6 is 0 Å². The van der Waals surface area contributed by atoms with E-state index < -0.39 is 44.7 Å². The van der Waals surface area contributed by atoms with E-state index in [1.54, 1.807) is 6.07 Å². The van der Waals surface area contributed by atoms with Crippen LogP contribution in [-0.2, 0) is 0 Å². The van der Waals surface area contributed by atoms with Gasteiger partial charge in [-0.3, -0.25) is 0 Å². The van der Waals surface area contributed by atoms with Crippen LogP contribution in [0.2, 0.25) is 0 Å². The van der Waals surface area contributed by atoms with E-state index in [0.29, 0.717) is 0 Å². The Labute approximate surface area is 109 Å². The minimum atomic E-state index is -3.57. The highest BCUT2D eigenvalue weighted by atomic mass is 15.1. The molecule has 0 saturated carbocycles. The van der Waals surface area contributed by atoms with E-state index in [2.05, 4.69) is 0 Å². The van der Waals surface area contributed by atoms with Crippen molar-refractivity contribution in [1.29, 1.82) is 0 Å². The molecule has 1 heterocycles. The van der Waals surface area contributed by atoms with Gasteiger partial charge in [-0.1, -0.05) is 30.3 Å². The monoisotopic (exact) mass is 216 g/mol. The number of benzene rings is 1. The van der Waals surface area contributed by atoms with Crippen LogP contribution in [0.3, 0.4) is 0 Å². The summed E-state index contributed by atoms with van der Waals surface area (Å²) in [5.41, 5.74) is 5.14. The highest BCUT2D eigenvalue weighted by molar-refractivity contribution is 5.19. The van der Waals surface area contributed by atoms with Crippen LogP contribution in [-0.4, -0.2) is 30.9 Å². The molecule has 1 aliphatic rings. The quantitative estimate of drug-likeness (QED) is 0.835. The summed E-state index contributed by atoms with van der Waals surface area (Å²) in [4.78, 5) is -0.382. The third kappa shape index (κ3) is 2.80. The van der Waals surface area contributed by atoms with Crippen LogP contribution in [0, 0.1) is 0 Å². The molecule has 0 unspecified atom stereocenters. The number of rotatable bonds is 3. The van der Waals surface area contributed by atoms with Crippen molar-refractivity contribution >= 4 is 0 Å². The average Bonchev–Trinajstić information content (AvgIpc) is 2.44. The molecule has 1 fully saturated rings. The van der Waals surface area contributed by atoms with Crippen LogP contribution in [0.25, 0.3) is 0 Å². The smallest absolute Gasteiger partial charge is 0.0444 e. The standard InChI is InChI=1S/C13H20N2/c14-8-11-15-9-6-13(7-10-15)12-4-2-1-3-5-12/h1-5,13H,6-11,14H2/i6D2,7D2,8D2,9D2,10D2,11D2. The molecule has 2 rings (SSSR count). The number of likely N-dealkylation sites (tertiary alicyclic amines) is 1. The molecule has 0 bridgehead atoms. The third-order valence-electron chi connectivity index (χ3n) is 1.95. The van der Waals surface area contributed by atoms with Crippen molar-refractivity contribution in [2.24, 2.45) is 5.73 Å². The Hall–Kier alpha value is -0.860.